The van der Waals surface area contributed by atoms with Gasteiger partial charge in [0.2, 0.25) is 5.89 Å². The fraction of sp³-hybridized carbons (Fsp3) is 0.467. The van der Waals surface area contributed by atoms with Gasteiger partial charge in [-0.15, -0.1) is 0 Å². The first kappa shape index (κ1) is 15.1. The minimum absolute atomic E-state index is 0.139. The number of nitrogens with zero attached hydrogens (tertiary/aromatic N) is 2. The van der Waals surface area contributed by atoms with Gasteiger partial charge in [-0.1, -0.05) is 49.3 Å². The molecule has 0 saturated heterocycles. The summed E-state index contributed by atoms with van der Waals surface area (Å²) in [5.74, 6) is 2.39. The highest BCUT2D eigenvalue weighted by Gasteiger charge is 2.24. The molecule has 1 aromatic carbocycles. The van der Waals surface area contributed by atoms with Gasteiger partial charge in [-0.05, 0) is 18.4 Å². The molecule has 108 valence electrons. The van der Waals surface area contributed by atoms with Crippen LogP contribution < -0.4 is 5.32 Å². The van der Waals surface area contributed by atoms with Gasteiger partial charge in [0.1, 0.15) is 0 Å². The maximum atomic E-state index is 5.41. The molecule has 2 atom stereocenters. The minimum atomic E-state index is 0.139. The fourth-order valence-electron chi connectivity index (χ4n) is 2.25. The highest BCUT2D eigenvalue weighted by atomic mass is 32.2. The van der Waals surface area contributed by atoms with Gasteiger partial charge in [0.25, 0.3) is 0 Å². The van der Waals surface area contributed by atoms with Gasteiger partial charge in [-0.2, -0.15) is 16.7 Å². The van der Waals surface area contributed by atoms with Crippen LogP contribution in [0.25, 0.3) is 0 Å². The third kappa shape index (κ3) is 3.61. The van der Waals surface area contributed by atoms with Crippen molar-refractivity contribution in [1.82, 2.24) is 15.5 Å². The molecular weight excluding hydrogens is 270 g/mol. The highest BCUT2D eigenvalue weighted by Crippen LogP contribution is 2.29. The van der Waals surface area contributed by atoms with Gasteiger partial charge in [-0.3, -0.25) is 0 Å². The Morgan fingerprint density at radius 2 is 2.05 bits per heavy atom. The van der Waals surface area contributed by atoms with Gasteiger partial charge in [0, 0.05) is 6.04 Å². The molecule has 0 aliphatic rings. The van der Waals surface area contributed by atoms with Crippen LogP contribution in [-0.2, 0) is 5.75 Å². The molecule has 0 saturated carbocycles. The van der Waals surface area contributed by atoms with E-state index in [0.29, 0.717) is 5.89 Å². The smallest absolute Gasteiger partial charge is 0.231 e. The van der Waals surface area contributed by atoms with Crippen molar-refractivity contribution < 1.29 is 4.52 Å². The molecule has 0 aliphatic carbocycles. The molecular formula is C15H21N3OS. The van der Waals surface area contributed by atoms with Gasteiger partial charge in [0.05, 0.1) is 11.7 Å². The lowest BCUT2D eigenvalue weighted by molar-refractivity contribution is 0.325. The summed E-state index contributed by atoms with van der Waals surface area (Å²) in [6, 6.07) is 10.6. The molecule has 0 amide bonds. The molecule has 1 N–H and O–H groups in total. The summed E-state index contributed by atoms with van der Waals surface area (Å²) in [5.41, 5.74) is 1.24. The second-order valence-electron chi connectivity index (χ2n) is 4.72. The molecule has 0 radical (unpaired) electrons. The zero-order valence-electron chi connectivity index (χ0n) is 12.2. The molecule has 2 unspecified atom stereocenters. The largest absolute Gasteiger partial charge is 0.339 e. The number of aromatic nitrogens is 2. The molecule has 0 bridgehead atoms. The second kappa shape index (κ2) is 7.45. The van der Waals surface area contributed by atoms with Crippen LogP contribution in [0, 0.1) is 0 Å². The molecule has 0 spiro atoms. The zero-order chi connectivity index (χ0) is 14.4. The second-order valence-corrected chi connectivity index (χ2v) is 5.58. The lowest BCUT2D eigenvalue weighted by Gasteiger charge is -2.22. The first-order chi connectivity index (χ1) is 9.76. The summed E-state index contributed by atoms with van der Waals surface area (Å²) >= 11 is 1.69. The van der Waals surface area contributed by atoms with E-state index in [4.69, 9.17) is 4.52 Å². The first-order valence-corrected chi connectivity index (χ1v) is 8.25. The first-order valence-electron chi connectivity index (χ1n) is 6.86. The third-order valence-corrected chi connectivity index (χ3v) is 3.78. The van der Waals surface area contributed by atoms with E-state index in [0.717, 1.165) is 18.1 Å². The quantitative estimate of drug-likeness (QED) is 0.847. The fourth-order valence-corrected chi connectivity index (χ4v) is 2.62. The average Bonchev–Trinajstić information content (AvgIpc) is 2.94. The van der Waals surface area contributed by atoms with Gasteiger partial charge >= 0.3 is 0 Å². The Hall–Kier alpha value is -1.33. The molecule has 5 heteroatoms. The Morgan fingerprint density at radius 3 is 2.70 bits per heavy atom. The molecule has 4 nitrogen and oxygen atoms in total. The maximum Gasteiger partial charge on any atom is 0.231 e. The van der Waals surface area contributed by atoms with Crippen LogP contribution in [0.4, 0.5) is 0 Å². The highest BCUT2D eigenvalue weighted by molar-refractivity contribution is 7.97. The number of rotatable bonds is 7. The topological polar surface area (TPSA) is 51.0 Å². The van der Waals surface area contributed by atoms with E-state index in [9.17, 15) is 0 Å². The summed E-state index contributed by atoms with van der Waals surface area (Å²) in [7, 11) is 0. The van der Waals surface area contributed by atoms with E-state index < -0.39 is 0 Å². The van der Waals surface area contributed by atoms with Crippen LogP contribution in [-0.4, -0.2) is 22.9 Å². The molecule has 2 rings (SSSR count). The Morgan fingerprint density at radius 1 is 1.30 bits per heavy atom. The molecule has 1 heterocycles. The van der Waals surface area contributed by atoms with E-state index in [1.807, 2.05) is 12.3 Å². The van der Waals surface area contributed by atoms with E-state index in [1.165, 1.54) is 5.56 Å². The number of thioether (sulfide) groups is 1. The normalized spacial score (nSPS) is 14.2. The van der Waals surface area contributed by atoms with Gasteiger partial charge in [-0.25, -0.2) is 0 Å². The molecule has 0 aliphatic heterocycles. The van der Waals surface area contributed by atoms with Crippen LogP contribution in [0.3, 0.4) is 0 Å². The van der Waals surface area contributed by atoms with Crippen LogP contribution in [0.1, 0.15) is 43.1 Å². The molecule has 20 heavy (non-hydrogen) atoms. The van der Waals surface area contributed by atoms with Crippen LogP contribution in [0.15, 0.2) is 34.9 Å². The monoisotopic (exact) mass is 291 g/mol. The van der Waals surface area contributed by atoms with Crippen LogP contribution in [0.5, 0.6) is 0 Å². The van der Waals surface area contributed by atoms with Crippen molar-refractivity contribution in [1.29, 1.82) is 0 Å². The van der Waals surface area contributed by atoms with Crippen molar-refractivity contribution in [2.45, 2.75) is 31.6 Å². The minimum Gasteiger partial charge on any atom is -0.339 e. The van der Waals surface area contributed by atoms with E-state index in [1.54, 1.807) is 11.8 Å². The molecule has 1 aromatic heterocycles. The number of hydrogen-bond acceptors (Lipinski definition) is 5. The average molecular weight is 291 g/mol. The Bertz CT molecular complexity index is 515. The van der Waals surface area contributed by atoms with E-state index in [2.05, 4.69) is 53.6 Å². The number of likely N-dealkylation sites (N-methyl/N-ethyl adjacent to an activating group) is 1. The van der Waals surface area contributed by atoms with Crippen LogP contribution in [0.2, 0.25) is 0 Å². The number of benzene rings is 1. The van der Waals surface area contributed by atoms with Gasteiger partial charge in [0.15, 0.2) is 5.82 Å². The summed E-state index contributed by atoms with van der Waals surface area (Å²) in [5, 5.41) is 7.53. The number of nitrogens with one attached hydrogen (secondary N) is 1. The zero-order valence-corrected chi connectivity index (χ0v) is 13.0. The Kier molecular flexibility index (Phi) is 5.61. The van der Waals surface area contributed by atoms with Crippen molar-refractivity contribution in [2.24, 2.45) is 0 Å². The van der Waals surface area contributed by atoms with Crippen molar-refractivity contribution in [2.75, 3.05) is 12.8 Å². The van der Waals surface area contributed by atoms with E-state index in [-0.39, 0.29) is 12.0 Å². The van der Waals surface area contributed by atoms with Gasteiger partial charge < -0.3 is 9.84 Å². The summed E-state index contributed by atoms with van der Waals surface area (Å²) in [6.45, 7) is 5.13. The van der Waals surface area contributed by atoms with Crippen molar-refractivity contribution in [3.8, 4) is 0 Å². The number of hydrogen-bond donors (Lipinski definition) is 1. The predicted octanol–water partition coefficient (Wildman–Crippen LogP) is 3.39. The maximum absolute atomic E-state index is 5.41. The molecule has 2 aromatic rings. The third-order valence-electron chi connectivity index (χ3n) is 3.23. The lowest BCUT2D eigenvalue weighted by atomic mass is 9.94. The Balaban J connectivity index is 2.19. The SMILES string of the molecule is CCNC(c1ccccc1)C(C)c1nc(CSC)no1. The standard InChI is InChI=1S/C15H21N3OS/c1-4-16-14(12-8-6-5-7-9-12)11(2)15-17-13(10-20-3)18-19-15/h5-9,11,14,16H,4,10H2,1-3H3. The van der Waals surface area contributed by atoms with Crippen molar-refractivity contribution in [3.63, 3.8) is 0 Å². The van der Waals surface area contributed by atoms with E-state index >= 15 is 0 Å². The predicted molar refractivity (Wildman–Crippen MR) is 82.8 cm³/mol. The summed E-state index contributed by atoms with van der Waals surface area (Å²) in [4.78, 5) is 4.49. The summed E-state index contributed by atoms with van der Waals surface area (Å²) in [6.07, 6.45) is 2.03. The van der Waals surface area contributed by atoms with Crippen LogP contribution >= 0.6 is 11.8 Å². The Labute approximate surface area is 124 Å². The lowest BCUT2D eigenvalue weighted by Crippen LogP contribution is -2.25. The molecule has 0 fully saturated rings. The van der Waals surface area contributed by atoms with Crippen molar-refractivity contribution in [3.05, 3.63) is 47.6 Å². The van der Waals surface area contributed by atoms with Crippen molar-refractivity contribution >= 4 is 11.8 Å². The summed E-state index contributed by atoms with van der Waals surface area (Å²) < 4.78 is 5.41.